The van der Waals surface area contributed by atoms with Crippen LogP contribution in [0.15, 0.2) is 0 Å². The minimum absolute atomic E-state index is 0.307. The highest BCUT2D eigenvalue weighted by Gasteiger charge is 2.25. The SMILES string of the molecule is CCCCCCC[Si](C)(CCCO)OC. The molecule has 15 heavy (non-hydrogen) atoms. The summed E-state index contributed by atoms with van der Waals surface area (Å²) in [6, 6.07) is 2.36. The van der Waals surface area contributed by atoms with Crippen molar-refractivity contribution < 1.29 is 9.53 Å². The Bertz CT molecular complexity index is 142. The van der Waals surface area contributed by atoms with Gasteiger partial charge in [-0.3, -0.25) is 0 Å². The van der Waals surface area contributed by atoms with Gasteiger partial charge in [-0.15, -0.1) is 0 Å². The Balaban J connectivity index is 3.58. The average molecular weight is 232 g/mol. The third kappa shape index (κ3) is 8.00. The first-order chi connectivity index (χ1) is 7.18. The van der Waals surface area contributed by atoms with Gasteiger partial charge in [-0.05, 0) is 25.1 Å². The second-order valence-corrected chi connectivity index (χ2v) is 8.95. The molecular weight excluding hydrogens is 204 g/mol. The normalized spacial score (nSPS) is 15.2. The molecule has 0 aromatic rings. The Labute approximate surface area is 96.2 Å². The number of aliphatic hydroxyl groups is 1. The zero-order valence-electron chi connectivity index (χ0n) is 10.7. The van der Waals surface area contributed by atoms with Crippen LogP contribution in [-0.4, -0.2) is 27.1 Å². The van der Waals surface area contributed by atoms with E-state index in [0.717, 1.165) is 12.5 Å². The Morgan fingerprint density at radius 1 is 1.00 bits per heavy atom. The molecule has 0 spiro atoms. The second kappa shape index (κ2) is 9.37. The van der Waals surface area contributed by atoms with Gasteiger partial charge in [0.15, 0.2) is 8.32 Å². The summed E-state index contributed by atoms with van der Waals surface area (Å²) in [7, 11) is 0.378. The molecule has 2 nitrogen and oxygen atoms in total. The predicted molar refractivity (Wildman–Crippen MR) is 68.7 cm³/mol. The van der Waals surface area contributed by atoms with Crippen LogP contribution in [0, 0.1) is 0 Å². The van der Waals surface area contributed by atoms with E-state index in [1.54, 1.807) is 0 Å². The lowest BCUT2D eigenvalue weighted by atomic mass is 10.2. The number of hydrogen-bond donors (Lipinski definition) is 1. The van der Waals surface area contributed by atoms with Crippen LogP contribution in [-0.2, 0) is 4.43 Å². The lowest BCUT2D eigenvalue weighted by Gasteiger charge is -2.25. The quantitative estimate of drug-likeness (QED) is 0.461. The van der Waals surface area contributed by atoms with Gasteiger partial charge in [0.2, 0.25) is 0 Å². The van der Waals surface area contributed by atoms with Crippen molar-refractivity contribution >= 4 is 8.32 Å². The highest BCUT2D eigenvalue weighted by atomic mass is 28.4. The molecule has 3 heteroatoms. The Hall–Kier alpha value is 0.137. The van der Waals surface area contributed by atoms with Crippen LogP contribution in [0.2, 0.25) is 18.6 Å². The van der Waals surface area contributed by atoms with E-state index in [1.807, 2.05) is 7.11 Å². The largest absolute Gasteiger partial charge is 0.420 e. The van der Waals surface area contributed by atoms with E-state index in [1.165, 1.54) is 38.1 Å². The molecule has 0 aliphatic rings. The summed E-state index contributed by atoms with van der Waals surface area (Å²) in [6.45, 7) is 4.85. The third-order valence-electron chi connectivity index (χ3n) is 3.17. The molecule has 92 valence electrons. The summed E-state index contributed by atoms with van der Waals surface area (Å²) < 4.78 is 5.67. The van der Waals surface area contributed by atoms with Gasteiger partial charge < -0.3 is 9.53 Å². The van der Waals surface area contributed by atoms with Crippen molar-refractivity contribution in [3.63, 3.8) is 0 Å². The fourth-order valence-corrected chi connectivity index (χ4v) is 4.45. The molecule has 1 atom stereocenters. The number of aliphatic hydroxyl groups excluding tert-OH is 1. The summed E-state index contributed by atoms with van der Waals surface area (Å²) in [5, 5.41) is 8.83. The zero-order chi connectivity index (χ0) is 11.6. The zero-order valence-corrected chi connectivity index (χ0v) is 11.7. The first kappa shape index (κ1) is 15.1. The number of rotatable bonds is 10. The monoisotopic (exact) mass is 232 g/mol. The summed E-state index contributed by atoms with van der Waals surface area (Å²) >= 11 is 0. The van der Waals surface area contributed by atoms with Gasteiger partial charge in [0.05, 0.1) is 0 Å². The maximum absolute atomic E-state index is 8.83. The van der Waals surface area contributed by atoms with Crippen LogP contribution in [0.5, 0.6) is 0 Å². The van der Waals surface area contributed by atoms with Crippen LogP contribution in [0.25, 0.3) is 0 Å². The van der Waals surface area contributed by atoms with Crippen LogP contribution in [0.1, 0.15) is 45.4 Å². The van der Waals surface area contributed by atoms with Gasteiger partial charge in [0.1, 0.15) is 0 Å². The standard InChI is InChI=1S/C12H28O2Si/c1-4-5-6-7-8-11-15(3,14-2)12-9-10-13/h13H,4-12H2,1-3H3. The van der Waals surface area contributed by atoms with E-state index in [2.05, 4.69) is 13.5 Å². The van der Waals surface area contributed by atoms with Gasteiger partial charge in [0.25, 0.3) is 0 Å². The molecule has 0 aromatic heterocycles. The summed E-state index contributed by atoms with van der Waals surface area (Å²) in [6.07, 6.45) is 7.60. The van der Waals surface area contributed by atoms with Crippen LogP contribution in [0.3, 0.4) is 0 Å². The molecule has 1 unspecified atom stereocenters. The molecule has 0 bridgehead atoms. The van der Waals surface area contributed by atoms with Crippen LogP contribution >= 0.6 is 0 Å². The van der Waals surface area contributed by atoms with E-state index in [-0.39, 0.29) is 0 Å². The first-order valence-electron chi connectivity index (χ1n) is 6.34. The summed E-state index contributed by atoms with van der Waals surface area (Å²) in [5.74, 6) is 0. The Morgan fingerprint density at radius 2 is 1.60 bits per heavy atom. The fraction of sp³-hybridized carbons (Fsp3) is 1.00. The Morgan fingerprint density at radius 3 is 2.13 bits per heavy atom. The van der Waals surface area contributed by atoms with E-state index >= 15 is 0 Å². The van der Waals surface area contributed by atoms with Gasteiger partial charge >= 0.3 is 0 Å². The minimum atomic E-state index is -1.46. The van der Waals surface area contributed by atoms with E-state index < -0.39 is 8.32 Å². The van der Waals surface area contributed by atoms with E-state index in [4.69, 9.17) is 9.53 Å². The molecule has 0 fully saturated rings. The molecule has 0 aromatic carbocycles. The molecule has 0 aliphatic heterocycles. The molecule has 0 heterocycles. The average Bonchev–Trinajstić information content (AvgIpc) is 2.26. The smallest absolute Gasteiger partial charge is 0.189 e. The first-order valence-corrected chi connectivity index (χ1v) is 9.17. The number of hydrogen-bond acceptors (Lipinski definition) is 2. The van der Waals surface area contributed by atoms with Crippen LogP contribution in [0.4, 0.5) is 0 Å². The third-order valence-corrected chi connectivity index (χ3v) is 6.97. The maximum atomic E-state index is 8.83. The van der Waals surface area contributed by atoms with Crippen molar-refractivity contribution in [3.8, 4) is 0 Å². The lowest BCUT2D eigenvalue weighted by molar-refractivity contribution is 0.289. The highest BCUT2D eigenvalue weighted by Crippen LogP contribution is 2.22. The van der Waals surface area contributed by atoms with Gasteiger partial charge in [-0.1, -0.05) is 39.0 Å². The van der Waals surface area contributed by atoms with Crippen LogP contribution < -0.4 is 0 Å². The summed E-state index contributed by atoms with van der Waals surface area (Å²) in [4.78, 5) is 0. The van der Waals surface area contributed by atoms with Gasteiger partial charge in [0, 0.05) is 13.7 Å². The van der Waals surface area contributed by atoms with Crippen molar-refractivity contribution in [1.82, 2.24) is 0 Å². The van der Waals surface area contributed by atoms with Gasteiger partial charge in [-0.2, -0.15) is 0 Å². The van der Waals surface area contributed by atoms with Crippen molar-refractivity contribution in [2.45, 2.75) is 64.1 Å². The predicted octanol–water partition coefficient (Wildman–Crippen LogP) is 3.56. The van der Waals surface area contributed by atoms with E-state index in [0.29, 0.717) is 6.61 Å². The molecular formula is C12H28O2Si. The minimum Gasteiger partial charge on any atom is -0.420 e. The van der Waals surface area contributed by atoms with Crippen molar-refractivity contribution in [1.29, 1.82) is 0 Å². The molecule has 0 radical (unpaired) electrons. The molecule has 0 rings (SSSR count). The maximum Gasteiger partial charge on any atom is 0.189 e. The lowest BCUT2D eigenvalue weighted by Crippen LogP contribution is -2.32. The summed E-state index contributed by atoms with van der Waals surface area (Å²) in [5.41, 5.74) is 0. The molecule has 0 saturated heterocycles. The number of unbranched alkanes of at least 4 members (excludes halogenated alkanes) is 4. The highest BCUT2D eigenvalue weighted by molar-refractivity contribution is 6.72. The molecule has 0 amide bonds. The van der Waals surface area contributed by atoms with Crippen molar-refractivity contribution in [2.75, 3.05) is 13.7 Å². The molecule has 0 aliphatic carbocycles. The topological polar surface area (TPSA) is 29.5 Å². The molecule has 0 saturated carbocycles. The molecule has 1 N–H and O–H groups in total. The van der Waals surface area contributed by atoms with E-state index in [9.17, 15) is 0 Å². The van der Waals surface area contributed by atoms with Gasteiger partial charge in [-0.25, -0.2) is 0 Å². The van der Waals surface area contributed by atoms with Crippen molar-refractivity contribution in [2.24, 2.45) is 0 Å². The Kier molecular flexibility index (Phi) is 9.45. The second-order valence-electron chi connectivity index (χ2n) is 4.65. The fourth-order valence-electron chi connectivity index (χ4n) is 1.88. The van der Waals surface area contributed by atoms with Crippen molar-refractivity contribution in [3.05, 3.63) is 0 Å².